The summed E-state index contributed by atoms with van der Waals surface area (Å²) in [6.45, 7) is -0.0403. The standard InChI is InChI=1S/C24H22BrN5O6S3/c25-17-3-1-2-4-19(17)36-13-20(31)29-30-23(33)22-18(10-12-37-22)28-24(30)38-14-21(32)27-11-9-15-5-7-16(8-6-15)39(26,34)35/h1-8,10,12H,9,11,13-14H2,(H,27,32)(H,29,31)(H2,26,34,35). The van der Waals surface area contributed by atoms with Crippen LogP contribution in [0.4, 0.5) is 0 Å². The first kappa shape index (κ1) is 28.8. The first-order valence-electron chi connectivity index (χ1n) is 11.3. The van der Waals surface area contributed by atoms with Crippen molar-refractivity contribution in [2.24, 2.45) is 5.14 Å². The van der Waals surface area contributed by atoms with Gasteiger partial charge in [-0.3, -0.25) is 19.8 Å². The number of rotatable bonds is 11. The van der Waals surface area contributed by atoms with E-state index in [1.54, 1.807) is 41.8 Å². The summed E-state index contributed by atoms with van der Waals surface area (Å²) in [5, 5.41) is 9.74. The Balaban J connectivity index is 1.36. The van der Waals surface area contributed by atoms with E-state index in [9.17, 15) is 22.8 Å². The van der Waals surface area contributed by atoms with E-state index in [1.807, 2.05) is 6.07 Å². The number of nitrogens with two attached hydrogens (primary N) is 1. The SMILES string of the molecule is NS(=O)(=O)c1ccc(CCNC(=O)CSc2nc3ccsc3c(=O)n2NC(=O)COc2ccccc2Br)cc1. The Kier molecular flexibility index (Phi) is 9.40. The zero-order chi connectivity index (χ0) is 28.0. The number of benzene rings is 2. The molecule has 0 radical (unpaired) electrons. The summed E-state index contributed by atoms with van der Waals surface area (Å²) in [5.74, 6) is -0.477. The van der Waals surface area contributed by atoms with Crippen molar-refractivity contribution in [3.05, 3.63) is 80.4 Å². The van der Waals surface area contributed by atoms with Gasteiger partial charge < -0.3 is 10.1 Å². The Labute approximate surface area is 239 Å². The second-order valence-electron chi connectivity index (χ2n) is 8.00. The summed E-state index contributed by atoms with van der Waals surface area (Å²) in [6, 6.07) is 14.8. The highest BCUT2D eigenvalue weighted by Gasteiger charge is 2.17. The van der Waals surface area contributed by atoms with Gasteiger partial charge in [-0.25, -0.2) is 18.5 Å². The molecule has 0 fully saturated rings. The molecular formula is C24H22BrN5O6S3. The number of thiophene rings is 1. The summed E-state index contributed by atoms with van der Waals surface area (Å²) < 4.78 is 30.3. The molecule has 0 unspecified atom stereocenters. The number of thioether (sulfide) groups is 1. The average Bonchev–Trinajstić information content (AvgIpc) is 3.37. The predicted octanol–water partition coefficient (Wildman–Crippen LogP) is 2.47. The van der Waals surface area contributed by atoms with Crippen LogP contribution >= 0.6 is 39.0 Å². The van der Waals surface area contributed by atoms with Crippen molar-refractivity contribution in [3.63, 3.8) is 0 Å². The van der Waals surface area contributed by atoms with Gasteiger partial charge in [0.05, 0.1) is 20.6 Å². The van der Waals surface area contributed by atoms with Crippen LogP contribution in [0.15, 0.2) is 79.3 Å². The van der Waals surface area contributed by atoms with E-state index in [-0.39, 0.29) is 28.3 Å². The van der Waals surface area contributed by atoms with Gasteiger partial charge in [0.25, 0.3) is 11.5 Å². The molecule has 2 heterocycles. The van der Waals surface area contributed by atoms with Gasteiger partial charge >= 0.3 is 0 Å². The Bertz CT molecular complexity index is 1670. The minimum atomic E-state index is -3.77. The van der Waals surface area contributed by atoms with Crippen LogP contribution in [0, 0.1) is 0 Å². The third kappa shape index (κ3) is 7.67. The number of para-hydroxylation sites is 1. The molecule has 39 heavy (non-hydrogen) atoms. The molecule has 2 aromatic carbocycles. The van der Waals surface area contributed by atoms with Crippen molar-refractivity contribution in [1.29, 1.82) is 0 Å². The van der Waals surface area contributed by atoms with Crippen molar-refractivity contribution in [1.82, 2.24) is 15.0 Å². The van der Waals surface area contributed by atoms with Gasteiger partial charge in [-0.1, -0.05) is 36.0 Å². The second kappa shape index (κ2) is 12.7. The average molecular weight is 653 g/mol. The van der Waals surface area contributed by atoms with Crippen LogP contribution in [0.1, 0.15) is 5.56 Å². The summed E-state index contributed by atoms with van der Waals surface area (Å²) in [5.41, 5.74) is 3.34. The highest BCUT2D eigenvalue weighted by atomic mass is 79.9. The summed E-state index contributed by atoms with van der Waals surface area (Å²) in [7, 11) is -3.77. The molecule has 15 heteroatoms. The molecule has 0 spiro atoms. The first-order chi connectivity index (χ1) is 18.6. The lowest BCUT2D eigenvalue weighted by Gasteiger charge is -2.14. The molecular weight excluding hydrogens is 630 g/mol. The molecule has 4 rings (SSSR count). The number of aromatic nitrogens is 2. The van der Waals surface area contributed by atoms with Gasteiger partial charge in [-0.2, -0.15) is 4.68 Å². The monoisotopic (exact) mass is 651 g/mol. The summed E-state index contributed by atoms with van der Waals surface area (Å²) in [4.78, 5) is 42.6. The lowest BCUT2D eigenvalue weighted by atomic mass is 10.1. The number of nitrogens with zero attached hydrogens (tertiary/aromatic N) is 2. The topological polar surface area (TPSA) is 162 Å². The Morgan fingerprint density at radius 2 is 1.85 bits per heavy atom. The minimum absolute atomic E-state index is 0.0133. The molecule has 4 aromatic rings. The van der Waals surface area contributed by atoms with Gasteiger partial charge in [0.15, 0.2) is 11.8 Å². The van der Waals surface area contributed by atoms with Crippen LogP contribution in [-0.4, -0.2) is 48.8 Å². The maximum atomic E-state index is 13.0. The maximum Gasteiger partial charge on any atom is 0.291 e. The molecule has 0 atom stereocenters. The highest BCUT2D eigenvalue weighted by molar-refractivity contribution is 9.10. The lowest BCUT2D eigenvalue weighted by Crippen LogP contribution is -2.37. The lowest BCUT2D eigenvalue weighted by molar-refractivity contribution is -0.119. The molecule has 0 bridgehead atoms. The number of nitrogens with one attached hydrogen (secondary N) is 2. The number of carbonyl (C=O) groups excluding carboxylic acids is 2. The molecule has 2 aromatic heterocycles. The minimum Gasteiger partial charge on any atom is -0.483 e. The highest BCUT2D eigenvalue weighted by Crippen LogP contribution is 2.24. The Morgan fingerprint density at radius 1 is 1.10 bits per heavy atom. The van der Waals surface area contributed by atoms with Crippen molar-refractivity contribution in [2.45, 2.75) is 16.5 Å². The van der Waals surface area contributed by atoms with Crippen molar-refractivity contribution in [2.75, 3.05) is 24.3 Å². The fourth-order valence-corrected chi connectivity index (χ4v) is 5.78. The van der Waals surface area contributed by atoms with Crippen LogP contribution in [0.2, 0.25) is 0 Å². The zero-order valence-electron chi connectivity index (χ0n) is 20.1. The fourth-order valence-electron chi connectivity index (χ4n) is 3.32. The van der Waals surface area contributed by atoms with E-state index in [0.717, 1.165) is 22.0 Å². The van der Waals surface area contributed by atoms with Crippen LogP contribution in [0.25, 0.3) is 10.2 Å². The number of ether oxygens (including phenoxy) is 1. The number of hydrogen-bond donors (Lipinski definition) is 3. The number of hydrogen-bond acceptors (Lipinski definition) is 9. The third-order valence-corrected chi connectivity index (χ3v) is 8.62. The number of amides is 2. The van der Waals surface area contributed by atoms with Crippen LogP contribution in [0.5, 0.6) is 5.75 Å². The molecule has 0 aliphatic heterocycles. The van der Waals surface area contributed by atoms with Crippen molar-refractivity contribution in [3.8, 4) is 5.75 Å². The summed E-state index contributed by atoms with van der Waals surface area (Å²) in [6.07, 6.45) is 0.471. The molecule has 11 nitrogen and oxygen atoms in total. The Morgan fingerprint density at radius 3 is 2.56 bits per heavy atom. The normalized spacial score (nSPS) is 11.3. The van der Waals surface area contributed by atoms with Gasteiger partial charge in [0.2, 0.25) is 15.9 Å². The van der Waals surface area contributed by atoms with Gasteiger partial charge in [-0.15, -0.1) is 11.3 Å². The molecule has 0 saturated carbocycles. The van der Waals surface area contributed by atoms with E-state index in [4.69, 9.17) is 9.88 Å². The number of fused-ring (bicyclic) bond motifs is 1. The predicted molar refractivity (Wildman–Crippen MR) is 153 cm³/mol. The van der Waals surface area contributed by atoms with Crippen LogP contribution in [-0.2, 0) is 26.0 Å². The number of primary sulfonamides is 1. The largest absolute Gasteiger partial charge is 0.483 e. The Hall–Kier alpha value is -3.24. The first-order valence-corrected chi connectivity index (χ1v) is 15.5. The fraction of sp³-hybridized carbons (Fsp3) is 0.167. The third-order valence-electron chi connectivity index (χ3n) is 5.20. The van der Waals surface area contributed by atoms with Gasteiger partial charge in [0.1, 0.15) is 10.4 Å². The van der Waals surface area contributed by atoms with Gasteiger partial charge in [-0.05, 0) is 63.6 Å². The van der Waals surface area contributed by atoms with Gasteiger partial charge in [0, 0.05) is 6.54 Å². The number of carbonyl (C=O) groups is 2. The molecule has 0 aliphatic carbocycles. The van der Waals surface area contributed by atoms with Crippen LogP contribution < -0.4 is 26.2 Å². The molecule has 204 valence electrons. The molecule has 0 aliphatic rings. The van der Waals surface area contributed by atoms with Crippen molar-refractivity contribution < 1.29 is 22.7 Å². The van der Waals surface area contributed by atoms with E-state index in [0.29, 0.717) is 33.4 Å². The van der Waals surface area contributed by atoms with E-state index in [1.165, 1.54) is 23.5 Å². The summed E-state index contributed by atoms with van der Waals surface area (Å²) >= 11 is 5.54. The van der Waals surface area contributed by atoms with Crippen molar-refractivity contribution >= 4 is 71.1 Å². The quantitative estimate of drug-likeness (QED) is 0.165. The van der Waals surface area contributed by atoms with E-state index in [2.05, 4.69) is 31.7 Å². The number of sulfonamides is 1. The maximum absolute atomic E-state index is 13.0. The molecule has 2 amide bonds. The van der Waals surface area contributed by atoms with Crippen LogP contribution in [0.3, 0.4) is 0 Å². The zero-order valence-corrected chi connectivity index (χ0v) is 24.2. The molecule has 4 N–H and O–H groups in total. The van der Waals surface area contributed by atoms with E-state index >= 15 is 0 Å². The second-order valence-corrected chi connectivity index (χ2v) is 12.3. The molecule has 0 saturated heterocycles. The smallest absolute Gasteiger partial charge is 0.291 e. The van der Waals surface area contributed by atoms with E-state index < -0.39 is 21.5 Å². The number of halogens is 1.